The summed E-state index contributed by atoms with van der Waals surface area (Å²) in [6.45, 7) is 6.05. The van der Waals surface area contributed by atoms with Gasteiger partial charge in [0.15, 0.2) is 0 Å². The van der Waals surface area contributed by atoms with Gasteiger partial charge >= 0.3 is 0 Å². The second-order valence-electron chi connectivity index (χ2n) is 3.72. The molecule has 0 heterocycles. The largest absolute Gasteiger partial charge is 0.358 e. The molecule has 0 amide bonds. The van der Waals surface area contributed by atoms with Crippen LogP contribution in [0.5, 0.6) is 0 Å². The van der Waals surface area contributed by atoms with Crippen LogP contribution in [0.25, 0.3) is 0 Å². The fourth-order valence-corrected chi connectivity index (χ4v) is 5.13. The third kappa shape index (κ3) is 5.07. The zero-order valence-electron chi connectivity index (χ0n) is 11.2. The summed E-state index contributed by atoms with van der Waals surface area (Å²) in [7, 11) is 7.73. The van der Waals surface area contributed by atoms with Crippen LogP contribution < -0.4 is 0 Å². The molecule has 0 fully saturated rings. The summed E-state index contributed by atoms with van der Waals surface area (Å²) in [6.07, 6.45) is 0. The van der Waals surface area contributed by atoms with Crippen molar-refractivity contribution >= 4 is 19.0 Å². The molecule has 0 rings (SSSR count). The normalized spacial score (nSPS) is 13.5. The Morgan fingerprint density at radius 2 is 1.00 bits per heavy atom. The molecule has 0 aliphatic carbocycles. The molecule has 0 unspecified atom stereocenters. The van der Waals surface area contributed by atoms with E-state index in [0.717, 1.165) is 0 Å². The number of ether oxygens (including phenoxy) is 4. The molecular formula is C10H22O4Si2. The van der Waals surface area contributed by atoms with Gasteiger partial charge in [-0.05, 0) is 19.0 Å². The third-order valence-electron chi connectivity index (χ3n) is 2.52. The molecule has 0 saturated carbocycles. The summed E-state index contributed by atoms with van der Waals surface area (Å²) < 4.78 is 21.4. The van der Waals surface area contributed by atoms with Gasteiger partial charge in [0.25, 0.3) is 0 Å². The lowest BCUT2D eigenvalue weighted by Crippen LogP contribution is -2.45. The molecule has 6 heteroatoms. The highest BCUT2D eigenvalue weighted by Crippen LogP contribution is 2.20. The summed E-state index contributed by atoms with van der Waals surface area (Å²) in [6, 6.07) is 0. The van der Waals surface area contributed by atoms with Gasteiger partial charge in [-0.1, -0.05) is 6.92 Å². The van der Waals surface area contributed by atoms with Gasteiger partial charge < -0.3 is 18.9 Å². The highest BCUT2D eigenvalue weighted by Gasteiger charge is 2.33. The third-order valence-corrected chi connectivity index (χ3v) is 6.11. The summed E-state index contributed by atoms with van der Waals surface area (Å²) in [4.78, 5) is 0. The van der Waals surface area contributed by atoms with Crippen molar-refractivity contribution in [2.75, 3.05) is 28.4 Å². The van der Waals surface area contributed by atoms with E-state index in [9.17, 15) is 0 Å². The monoisotopic (exact) mass is 262 g/mol. The lowest BCUT2D eigenvalue weighted by Gasteiger charge is -2.32. The molecule has 0 saturated heterocycles. The van der Waals surface area contributed by atoms with Crippen molar-refractivity contribution in [3.05, 3.63) is 0 Å². The van der Waals surface area contributed by atoms with Crippen molar-refractivity contribution in [2.45, 2.75) is 36.8 Å². The molecule has 0 aromatic heterocycles. The van der Waals surface area contributed by atoms with Gasteiger partial charge in [0.1, 0.15) is 29.9 Å². The van der Waals surface area contributed by atoms with Crippen LogP contribution in [0, 0.1) is 0 Å². The maximum atomic E-state index is 5.35. The zero-order chi connectivity index (χ0) is 12.8. The topological polar surface area (TPSA) is 36.9 Å². The average molecular weight is 262 g/mol. The van der Waals surface area contributed by atoms with E-state index < -0.39 is 10.8 Å². The SMILES string of the molecule is COC(C)(OC)[Si]C(C)[Si]C(C)(OC)OC. The summed E-state index contributed by atoms with van der Waals surface area (Å²) in [5, 5.41) is 0.426. The van der Waals surface area contributed by atoms with Gasteiger partial charge in [-0.3, -0.25) is 0 Å². The minimum Gasteiger partial charge on any atom is -0.358 e. The molecule has 0 bridgehead atoms. The molecule has 0 aromatic carbocycles. The van der Waals surface area contributed by atoms with E-state index in [1.54, 1.807) is 28.4 Å². The van der Waals surface area contributed by atoms with Crippen LogP contribution in [0.3, 0.4) is 0 Å². The molecule has 0 spiro atoms. The van der Waals surface area contributed by atoms with Gasteiger partial charge in [-0.2, -0.15) is 0 Å². The van der Waals surface area contributed by atoms with E-state index in [1.165, 1.54) is 0 Å². The van der Waals surface area contributed by atoms with E-state index in [4.69, 9.17) is 18.9 Å². The average Bonchev–Trinajstić information content (AvgIpc) is 2.28. The first-order chi connectivity index (χ1) is 7.34. The van der Waals surface area contributed by atoms with Gasteiger partial charge in [0.2, 0.25) is 0 Å². The molecule has 4 radical (unpaired) electrons. The Hall–Kier alpha value is 0.274. The van der Waals surface area contributed by atoms with Crippen LogP contribution in [-0.4, -0.2) is 58.3 Å². The molecular weight excluding hydrogens is 240 g/mol. The van der Waals surface area contributed by atoms with Crippen LogP contribution in [0.1, 0.15) is 20.8 Å². The number of methoxy groups -OCH3 is 4. The molecule has 16 heavy (non-hydrogen) atoms. The summed E-state index contributed by atoms with van der Waals surface area (Å²) in [5.41, 5.74) is -1.01. The Kier molecular flexibility index (Phi) is 6.99. The van der Waals surface area contributed by atoms with Crippen LogP contribution in [-0.2, 0) is 18.9 Å². The van der Waals surface area contributed by atoms with Gasteiger partial charge in [-0.25, -0.2) is 0 Å². The molecule has 0 aliphatic rings. The van der Waals surface area contributed by atoms with E-state index in [1.807, 2.05) is 13.8 Å². The van der Waals surface area contributed by atoms with Crippen LogP contribution in [0.4, 0.5) is 0 Å². The standard InChI is InChI=1S/C10H22O4Si2/c1-8(15-9(2,11-4)12-5)16-10(3,13-6)14-7/h8H,1-7H3. The Balaban J connectivity index is 4.31. The van der Waals surface area contributed by atoms with Crippen molar-refractivity contribution in [3.8, 4) is 0 Å². The van der Waals surface area contributed by atoms with Crippen molar-refractivity contribution in [2.24, 2.45) is 0 Å². The zero-order valence-corrected chi connectivity index (χ0v) is 13.2. The lowest BCUT2D eigenvalue weighted by molar-refractivity contribution is -0.133. The quantitative estimate of drug-likeness (QED) is 0.485. The molecule has 0 N–H and O–H groups in total. The van der Waals surface area contributed by atoms with Crippen LogP contribution in [0.15, 0.2) is 0 Å². The fourth-order valence-electron chi connectivity index (χ4n) is 1.23. The summed E-state index contributed by atoms with van der Waals surface area (Å²) >= 11 is 0. The van der Waals surface area contributed by atoms with Crippen molar-refractivity contribution < 1.29 is 18.9 Å². The Bertz CT molecular complexity index is 173. The van der Waals surface area contributed by atoms with E-state index in [-0.39, 0.29) is 0 Å². The smallest absolute Gasteiger partial charge is 0.143 e. The molecule has 0 atom stereocenters. The minimum absolute atomic E-state index is 0.426. The van der Waals surface area contributed by atoms with Gasteiger partial charge in [-0.15, -0.1) is 0 Å². The number of hydrogen-bond acceptors (Lipinski definition) is 4. The Morgan fingerprint density at radius 1 is 0.750 bits per heavy atom. The first-order valence-corrected chi connectivity index (χ1v) is 7.26. The Morgan fingerprint density at radius 3 is 1.19 bits per heavy atom. The second-order valence-corrected chi connectivity index (χ2v) is 8.42. The van der Waals surface area contributed by atoms with Crippen molar-refractivity contribution in [3.63, 3.8) is 0 Å². The predicted molar refractivity (Wildman–Crippen MR) is 65.8 cm³/mol. The van der Waals surface area contributed by atoms with Crippen LogP contribution in [0.2, 0.25) is 5.16 Å². The van der Waals surface area contributed by atoms with Crippen molar-refractivity contribution in [1.29, 1.82) is 0 Å². The maximum Gasteiger partial charge on any atom is 0.143 e. The predicted octanol–water partition coefficient (Wildman–Crippen LogP) is 1.09. The number of hydrogen-bond donors (Lipinski definition) is 0. The maximum absolute atomic E-state index is 5.35. The van der Waals surface area contributed by atoms with E-state index >= 15 is 0 Å². The van der Waals surface area contributed by atoms with Crippen molar-refractivity contribution in [1.82, 2.24) is 0 Å². The van der Waals surface area contributed by atoms with Gasteiger partial charge in [0.05, 0.1) is 0 Å². The second kappa shape index (κ2) is 6.88. The molecule has 0 aromatic rings. The highest BCUT2D eigenvalue weighted by atomic mass is 28.3. The minimum atomic E-state index is -0.505. The molecule has 0 aliphatic heterocycles. The number of rotatable bonds is 8. The first kappa shape index (κ1) is 16.3. The molecule has 4 nitrogen and oxygen atoms in total. The van der Waals surface area contributed by atoms with Gasteiger partial charge in [0, 0.05) is 28.4 Å². The first-order valence-electron chi connectivity index (χ1n) is 5.10. The Labute approximate surface area is 104 Å². The summed E-state index contributed by atoms with van der Waals surface area (Å²) in [5.74, 6) is 0. The highest BCUT2D eigenvalue weighted by molar-refractivity contribution is 6.61. The lowest BCUT2D eigenvalue weighted by atomic mass is 10.7. The van der Waals surface area contributed by atoms with Crippen LogP contribution >= 0.6 is 0 Å². The van der Waals surface area contributed by atoms with E-state index in [2.05, 4.69) is 6.92 Å². The fraction of sp³-hybridized carbons (Fsp3) is 1.00. The molecule has 94 valence electrons. The van der Waals surface area contributed by atoms with E-state index in [0.29, 0.717) is 24.2 Å².